The Balaban J connectivity index is 1.23. The van der Waals surface area contributed by atoms with Crippen LogP contribution in [0.1, 0.15) is 109 Å². The fourth-order valence-corrected chi connectivity index (χ4v) is 12.6. The van der Waals surface area contributed by atoms with Crippen molar-refractivity contribution >= 4 is 67.6 Å². The summed E-state index contributed by atoms with van der Waals surface area (Å²) in [6.07, 6.45) is 4.91. The first kappa shape index (κ1) is 38.4. The van der Waals surface area contributed by atoms with Gasteiger partial charge in [-0.3, -0.25) is 0 Å². The van der Waals surface area contributed by atoms with E-state index < -0.39 is 4.33 Å². The van der Waals surface area contributed by atoms with Gasteiger partial charge in [0.1, 0.15) is 15.8 Å². The number of allylic oxidation sites excluding steroid dienone is 4. The zero-order valence-electron chi connectivity index (χ0n) is 35.8. The zero-order valence-corrected chi connectivity index (χ0v) is 37.3. The van der Waals surface area contributed by atoms with Crippen molar-refractivity contribution in [3.05, 3.63) is 116 Å². The summed E-state index contributed by atoms with van der Waals surface area (Å²) in [5.41, 5.74) is 24.6. The highest BCUT2D eigenvalue weighted by molar-refractivity contribution is 6.52. The Kier molecular flexibility index (Phi) is 8.54. The van der Waals surface area contributed by atoms with Gasteiger partial charge in [0.05, 0.1) is 37.0 Å². The van der Waals surface area contributed by atoms with Gasteiger partial charge in [0.2, 0.25) is 0 Å². The smallest absolute Gasteiger partial charge is 0.132 e. The number of halogens is 2. The molecule has 0 amide bonds. The Morgan fingerprint density at radius 2 is 1.05 bits per heavy atom. The normalized spacial score (nSPS) is 21.2. The molecule has 2 N–H and O–H groups in total. The van der Waals surface area contributed by atoms with Gasteiger partial charge in [-0.25, -0.2) is 9.97 Å². The molecule has 5 aromatic rings. The summed E-state index contributed by atoms with van der Waals surface area (Å²) >= 11 is 15.1. The van der Waals surface area contributed by atoms with Gasteiger partial charge in [-0.05, 0) is 172 Å². The first-order chi connectivity index (χ1) is 28.2. The van der Waals surface area contributed by atoms with Crippen LogP contribution in [0.3, 0.4) is 0 Å². The Labute approximate surface area is 357 Å². The Morgan fingerprint density at radius 3 is 1.51 bits per heavy atom. The molecular formula is C51H52Cl2N4O2. The van der Waals surface area contributed by atoms with Crippen LogP contribution in [0, 0.1) is 24.7 Å². The summed E-state index contributed by atoms with van der Waals surface area (Å²) in [7, 11) is 3.48. The number of methoxy groups -OCH3 is 2. The van der Waals surface area contributed by atoms with E-state index in [1.54, 1.807) is 14.2 Å². The second-order valence-corrected chi connectivity index (χ2v) is 19.0. The van der Waals surface area contributed by atoms with Gasteiger partial charge in [0.15, 0.2) is 0 Å². The maximum atomic E-state index is 7.55. The van der Waals surface area contributed by atoms with Gasteiger partial charge in [0.25, 0.3) is 0 Å². The van der Waals surface area contributed by atoms with Crippen LogP contribution in [0.2, 0.25) is 0 Å². The number of aryl methyl sites for hydroxylation is 4. The fourth-order valence-electron chi connectivity index (χ4n) is 11.5. The van der Waals surface area contributed by atoms with Gasteiger partial charge in [-0.2, -0.15) is 0 Å². The molecule has 6 nitrogen and oxygen atoms in total. The summed E-state index contributed by atoms with van der Waals surface area (Å²) in [4.78, 5) is 18.7. The zero-order chi connectivity index (χ0) is 41.5. The van der Waals surface area contributed by atoms with Crippen molar-refractivity contribution in [2.24, 2.45) is 10.8 Å². The van der Waals surface area contributed by atoms with E-state index >= 15 is 0 Å². The maximum Gasteiger partial charge on any atom is 0.132 e. The largest absolute Gasteiger partial charge is 0.496 e. The van der Waals surface area contributed by atoms with E-state index in [9.17, 15) is 0 Å². The number of ether oxygens (including phenoxy) is 2. The van der Waals surface area contributed by atoms with Crippen molar-refractivity contribution in [2.45, 2.75) is 98.2 Å². The molecule has 5 aliphatic rings. The highest BCUT2D eigenvalue weighted by atomic mass is 35.5. The summed E-state index contributed by atoms with van der Waals surface area (Å²) in [5.74, 6) is 1.74. The van der Waals surface area contributed by atoms with Gasteiger partial charge in [0, 0.05) is 49.6 Å². The van der Waals surface area contributed by atoms with E-state index in [-0.39, 0.29) is 10.8 Å². The van der Waals surface area contributed by atoms with Crippen LogP contribution >= 0.6 is 23.2 Å². The first-order valence-corrected chi connectivity index (χ1v) is 21.8. The number of hydrogen-bond acceptors (Lipinski definition) is 4. The van der Waals surface area contributed by atoms with Gasteiger partial charge >= 0.3 is 0 Å². The third-order valence-corrected chi connectivity index (χ3v) is 16.7. The van der Waals surface area contributed by atoms with Gasteiger partial charge in [-0.15, -0.1) is 23.2 Å². The van der Waals surface area contributed by atoms with Crippen LogP contribution in [-0.2, 0) is 38.5 Å². The SMILES string of the molecule is CCc1c(C)c2cc3nc(c(-c4ccc5c(c4)C[C@]46Cc7c(OC)ccc(OC)c7C[C@@]4(C5)C6(Cl)Cl)c4nc(cc5[nH]c(cc1[nH]2)c(CC)c5C)C(C)=C4C)C(C)=C3C. The molecule has 0 radical (unpaired) electrons. The average molecular weight is 824 g/mol. The molecular weight excluding hydrogens is 771 g/mol. The minimum atomic E-state index is -0.903. The molecule has 5 heterocycles. The lowest BCUT2D eigenvalue weighted by Gasteiger charge is -2.37. The predicted molar refractivity (Wildman–Crippen MR) is 245 cm³/mol. The molecule has 3 aromatic heterocycles. The third kappa shape index (κ3) is 5.05. The van der Waals surface area contributed by atoms with E-state index in [2.05, 4.69) is 102 Å². The molecule has 2 aliphatic heterocycles. The van der Waals surface area contributed by atoms with Gasteiger partial charge in [-0.1, -0.05) is 32.0 Å². The van der Waals surface area contributed by atoms with E-state index in [0.29, 0.717) is 0 Å². The molecule has 3 aliphatic carbocycles. The monoisotopic (exact) mass is 822 g/mol. The molecule has 2 atom stereocenters. The molecule has 2 aromatic carbocycles. The van der Waals surface area contributed by atoms with Crippen molar-refractivity contribution in [3.8, 4) is 22.6 Å². The van der Waals surface area contributed by atoms with E-state index in [0.717, 1.165) is 123 Å². The minimum absolute atomic E-state index is 0.296. The van der Waals surface area contributed by atoms with Crippen LogP contribution < -0.4 is 9.47 Å². The van der Waals surface area contributed by atoms with Crippen molar-refractivity contribution in [1.82, 2.24) is 19.9 Å². The summed E-state index contributed by atoms with van der Waals surface area (Å²) < 4.78 is 10.9. The number of alkyl halides is 2. The molecule has 8 heteroatoms. The van der Waals surface area contributed by atoms with Crippen molar-refractivity contribution in [2.75, 3.05) is 14.2 Å². The lowest BCUT2D eigenvalue weighted by Crippen LogP contribution is -2.33. The molecule has 8 bridgehead atoms. The molecule has 10 rings (SSSR count). The van der Waals surface area contributed by atoms with Gasteiger partial charge < -0.3 is 19.4 Å². The lowest BCUT2D eigenvalue weighted by atomic mass is 9.66. The topological polar surface area (TPSA) is 75.8 Å². The van der Waals surface area contributed by atoms with Crippen LogP contribution in [0.15, 0.2) is 48.5 Å². The molecule has 0 spiro atoms. The van der Waals surface area contributed by atoms with Crippen LogP contribution in [0.5, 0.6) is 11.5 Å². The van der Waals surface area contributed by atoms with Crippen molar-refractivity contribution in [1.29, 1.82) is 0 Å². The Morgan fingerprint density at radius 1 is 0.576 bits per heavy atom. The number of hydrogen-bond donors (Lipinski definition) is 2. The van der Waals surface area contributed by atoms with E-state index in [1.165, 1.54) is 50.1 Å². The van der Waals surface area contributed by atoms with E-state index in [4.69, 9.17) is 42.6 Å². The summed E-state index contributed by atoms with van der Waals surface area (Å²) in [5, 5.41) is 0. The molecule has 1 saturated carbocycles. The minimum Gasteiger partial charge on any atom is -0.496 e. The predicted octanol–water partition coefficient (Wildman–Crippen LogP) is 12.7. The molecule has 302 valence electrons. The van der Waals surface area contributed by atoms with Crippen molar-refractivity contribution in [3.63, 3.8) is 0 Å². The molecule has 1 fully saturated rings. The first-order valence-electron chi connectivity index (χ1n) is 21.1. The standard InChI is InChI=1S/C51H52Cl2N4O2/c1-11-34-29(7)40-18-38-25(3)27(5)47(56-38)46(48-28(6)26(4)39(57-48)19-41-30(8)35(12-2)43(55-41)20-42(34)54-40)31-13-14-32-21-49-23-36-37(45(59-10)16-15-44(36)58-9)24-50(49,51(49,52)53)22-33(32)17-31/h13-20,54-55H,11-12,21-24H2,1-10H3/t49-,50+/m1/s1. The Hall–Kier alpha value is -4.78. The lowest BCUT2D eigenvalue weighted by molar-refractivity contribution is 0.274. The number of rotatable bonds is 5. The number of H-pyrrole nitrogens is 2. The highest BCUT2D eigenvalue weighted by Gasteiger charge is 2.87. The van der Waals surface area contributed by atoms with E-state index in [1.807, 2.05) is 12.1 Å². The second kappa shape index (κ2) is 13.1. The Bertz CT molecular complexity index is 2830. The number of nitrogens with zero attached hydrogens (tertiary/aromatic N) is 2. The highest BCUT2D eigenvalue weighted by Crippen LogP contribution is 2.85. The maximum absolute atomic E-state index is 7.55. The number of benzene rings is 2. The van der Waals surface area contributed by atoms with Crippen LogP contribution in [-0.4, -0.2) is 38.5 Å². The molecule has 0 saturated heterocycles. The molecule has 0 unspecified atom stereocenters. The quantitative estimate of drug-likeness (QED) is 0.173. The second-order valence-electron chi connectivity index (χ2n) is 17.7. The number of fused-ring (bicyclic) bond motifs is 10. The summed E-state index contributed by atoms with van der Waals surface area (Å²) in [6.45, 7) is 17.8. The number of aromatic amines is 2. The average Bonchev–Trinajstić information content (AvgIpc) is 3.68. The third-order valence-electron chi connectivity index (χ3n) is 15.3. The molecule has 59 heavy (non-hydrogen) atoms. The number of aromatic nitrogens is 4. The number of nitrogens with one attached hydrogen (secondary N) is 2. The summed E-state index contributed by atoms with van der Waals surface area (Å²) in [6, 6.07) is 17.8. The van der Waals surface area contributed by atoms with Crippen LogP contribution in [0.4, 0.5) is 0 Å². The van der Waals surface area contributed by atoms with Crippen LogP contribution in [0.25, 0.3) is 55.5 Å². The fraction of sp³-hybridized carbons (Fsp3) is 0.373. The van der Waals surface area contributed by atoms with Crippen molar-refractivity contribution < 1.29 is 9.47 Å².